The van der Waals surface area contributed by atoms with E-state index in [1.165, 1.54) is 11.4 Å². The molecule has 2 nitrogen and oxygen atoms in total. The van der Waals surface area contributed by atoms with E-state index in [-0.39, 0.29) is 0 Å². The van der Waals surface area contributed by atoms with E-state index in [1.807, 2.05) is 24.3 Å². The summed E-state index contributed by atoms with van der Waals surface area (Å²) in [5, 5.41) is 0. The zero-order valence-electron chi connectivity index (χ0n) is 8.90. The fraction of sp³-hybridized carbons (Fsp3) is 0.154. The minimum Gasteiger partial charge on any atom is -0.318 e. The molecule has 0 saturated carbocycles. The predicted octanol–water partition coefficient (Wildman–Crippen LogP) is 2.91. The first-order valence-electron chi connectivity index (χ1n) is 4.93. The van der Waals surface area contributed by atoms with Crippen molar-refractivity contribution in [2.24, 2.45) is 0 Å². The number of nitrogens with zero attached hydrogens (tertiary/aromatic N) is 1. The molecule has 1 heterocycles. The lowest BCUT2D eigenvalue weighted by Crippen LogP contribution is -1.99. The van der Waals surface area contributed by atoms with Gasteiger partial charge in [-0.05, 0) is 38.1 Å². The minimum absolute atomic E-state index is 0.708. The molecule has 0 fully saturated rings. The Morgan fingerprint density at radius 3 is 2.33 bits per heavy atom. The van der Waals surface area contributed by atoms with Gasteiger partial charge in [0.15, 0.2) is 0 Å². The molecule has 0 unspecified atom stereocenters. The molecular weight excluding hydrogens is 186 g/mol. The normalized spacial score (nSPS) is 10.3. The number of aryl methyl sites for hydroxylation is 2. The van der Waals surface area contributed by atoms with Crippen LogP contribution < -0.4 is 0 Å². The van der Waals surface area contributed by atoms with E-state index in [0.29, 0.717) is 5.56 Å². The van der Waals surface area contributed by atoms with Crippen LogP contribution in [-0.2, 0) is 0 Å². The number of aldehydes is 1. The van der Waals surface area contributed by atoms with Crippen molar-refractivity contribution in [2.45, 2.75) is 13.8 Å². The highest BCUT2D eigenvalue weighted by molar-refractivity contribution is 5.75. The Morgan fingerprint density at radius 2 is 1.73 bits per heavy atom. The molecule has 2 heteroatoms. The van der Waals surface area contributed by atoms with Crippen LogP contribution >= 0.6 is 0 Å². The molecule has 0 spiro atoms. The van der Waals surface area contributed by atoms with Gasteiger partial charge in [0.25, 0.3) is 0 Å². The van der Waals surface area contributed by atoms with Crippen LogP contribution in [0.4, 0.5) is 0 Å². The lowest BCUT2D eigenvalue weighted by Gasteiger charge is -2.09. The van der Waals surface area contributed by atoms with Gasteiger partial charge in [0.05, 0.1) is 0 Å². The second kappa shape index (κ2) is 3.73. The standard InChI is InChI=1S/C13H13NO/c1-10-6-7-11(2)14(10)13-5-3-4-12(8-13)9-15/h3-9H,1-2H3. The van der Waals surface area contributed by atoms with Crippen molar-refractivity contribution in [2.75, 3.05) is 0 Å². The average Bonchev–Trinajstić information content (AvgIpc) is 2.59. The Hall–Kier alpha value is -1.83. The Kier molecular flexibility index (Phi) is 2.42. The third kappa shape index (κ3) is 1.71. The lowest BCUT2D eigenvalue weighted by molar-refractivity contribution is 0.112. The maximum absolute atomic E-state index is 10.7. The number of aromatic nitrogens is 1. The summed E-state index contributed by atoms with van der Waals surface area (Å²) in [7, 11) is 0. The molecule has 15 heavy (non-hydrogen) atoms. The van der Waals surface area contributed by atoms with Crippen molar-refractivity contribution in [3.63, 3.8) is 0 Å². The van der Waals surface area contributed by atoms with Gasteiger partial charge in [0, 0.05) is 22.6 Å². The molecule has 1 aromatic heterocycles. The number of carbonyl (C=O) groups is 1. The summed E-state index contributed by atoms with van der Waals surface area (Å²) in [6, 6.07) is 11.8. The van der Waals surface area contributed by atoms with E-state index in [0.717, 1.165) is 12.0 Å². The molecule has 0 aliphatic heterocycles. The monoisotopic (exact) mass is 199 g/mol. The number of hydrogen-bond acceptors (Lipinski definition) is 1. The molecule has 0 saturated heterocycles. The minimum atomic E-state index is 0.708. The number of rotatable bonds is 2. The van der Waals surface area contributed by atoms with Gasteiger partial charge >= 0.3 is 0 Å². The molecule has 2 rings (SSSR count). The summed E-state index contributed by atoms with van der Waals surface area (Å²) in [6.45, 7) is 4.11. The van der Waals surface area contributed by atoms with Crippen molar-refractivity contribution in [1.82, 2.24) is 4.57 Å². The maximum atomic E-state index is 10.7. The molecule has 0 aliphatic carbocycles. The van der Waals surface area contributed by atoms with Gasteiger partial charge in [-0.25, -0.2) is 0 Å². The van der Waals surface area contributed by atoms with Crippen LogP contribution in [0.1, 0.15) is 21.7 Å². The highest BCUT2D eigenvalue weighted by Gasteiger charge is 2.03. The van der Waals surface area contributed by atoms with Gasteiger partial charge in [-0.3, -0.25) is 4.79 Å². The Morgan fingerprint density at radius 1 is 1.07 bits per heavy atom. The van der Waals surface area contributed by atoms with E-state index in [2.05, 4.69) is 30.5 Å². The Bertz CT molecular complexity index is 477. The van der Waals surface area contributed by atoms with Crippen LogP contribution in [0.3, 0.4) is 0 Å². The van der Waals surface area contributed by atoms with Gasteiger partial charge in [0.1, 0.15) is 6.29 Å². The number of carbonyl (C=O) groups excluding carboxylic acids is 1. The quantitative estimate of drug-likeness (QED) is 0.681. The average molecular weight is 199 g/mol. The van der Waals surface area contributed by atoms with Crippen molar-refractivity contribution >= 4 is 6.29 Å². The van der Waals surface area contributed by atoms with E-state index < -0.39 is 0 Å². The SMILES string of the molecule is Cc1ccc(C)n1-c1cccc(C=O)c1. The van der Waals surface area contributed by atoms with Gasteiger partial charge < -0.3 is 4.57 Å². The van der Waals surface area contributed by atoms with E-state index in [1.54, 1.807) is 0 Å². The van der Waals surface area contributed by atoms with Gasteiger partial charge in [-0.2, -0.15) is 0 Å². The second-order valence-electron chi connectivity index (χ2n) is 3.66. The first kappa shape index (κ1) is 9.71. The molecule has 0 amide bonds. The summed E-state index contributed by atoms with van der Waals surface area (Å²) in [6.07, 6.45) is 0.873. The predicted molar refractivity (Wildman–Crippen MR) is 60.6 cm³/mol. The highest BCUT2D eigenvalue weighted by atomic mass is 16.1. The molecule has 0 N–H and O–H groups in total. The zero-order chi connectivity index (χ0) is 10.8. The molecule has 2 aromatic rings. The molecule has 0 radical (unpaired) electrons. The van der Waals surface area contributed by atoms with Crippen LogP contribution in [0.25, 0.3) is 5.69 Å². The van der Waals surface area contributed by atoms with Crippen LogP contribution in [0.2, 0.25) is 0 Å². The van der Waals surface area contributed by atoms with E-state index >= 15 is 0 Å². The van der Waals surface area contributed by atoms with Crippen LogP contribution in [0, 0.1) is 13.8 Å². The summed E-state index contributed by atoms with van der Waals surface area (Å²) < 4.78 is 2.13. The van der Waals surface area contributed by atoms with E-state index in [9.17, 15) is 4.79 Å². The third-order valence-corrected chi connectivity index (χ3v) is 2.54. The smallest absolute Gasteiger partial charge is 0.150 e. The van der Waals surface area contributed by atoms with Crippen molar-refractivity contribution in [3.05, 3.63) is 53.3 Å². The molecule has 1 aromatic carbocycles. The molecule has 76 valence electrons. The van der Waals surface area contributed by atoms with Gasteiger partial charge in [-0.15, -0.1) is 0 Å². The van der Waals surface area contributed by atoms with Crippen molar-refractivity contribution in [1.29, 1.82) is 0 Å². The second-order valence-corrected chi connectivity index (χ2v) is 3.66. The lowest BCUT2D eigenvalue weighted by atomic mass is 10.2. The Balaban J connectivity index is 2.58. The molecular formula is C13H13NO. The van der Waals surface area contributed by atoms with Crippen LogP contribution in [0.15, 0.2) is 36.4 Å². The first-order chi connectivity index (χ1) is 7.22. The van der Waals surface area contributed by atoms with E-state index in [4.69, 9.17) is 0 Å². The maximum Gasteiger partial charge on any atom is 0.150 e. The summed E-state index contributed by atoms with van der Waals surface area (Å²) >= 11 is 0. The fourth-order valence-electron chi connectivity index (χ4n) is 1.81. The summed E-state index contributed by atoms with van der Waals surface area (Å²) in [5.74, 6) is 0. The topological polar surface area (TPSA) is 22.0 Å². The van der Waals surface area contributed by atoms with Gasteiger partial charge in [0.2, 0.25) is 0 Å². The summed E-state index contributed by atoms with van der Waals surface area (Å²) in [4.78, 5) is 10.7. The largest absolute Gasteiger partial charge is 0.318 e. The Labute approximate surface area is 89.2 Å². The van der Waals surface area contributed by atoms with Crippen LogP contribution in [-0.4, -0.2) is 10.9 Å². The number of hydrogen-bond donors (Lipinski definition) is 0. The zero-order valence-corrected chi connectivity index (χ0v) is 8.90. The van der Waals surface area contributed by atoms with Gasteiger partial charge in [-0.1, -0.05) is 12.1 Å². The molecule has 0 bridgehead atoms. The molecule has 0 aliphatic rings. The third-order valence-electron chi connectivity index (χ3n) is 2.54. The molecule has 0 atom stereocenters. The number of benzene rings is 1. The summed E-state index contributed by atoms with van der Waals surface area (Å²) in [5.41, 5.74) is 4.10. The fourth-order valence-corrected chi connectivity index (χ4v) is 1.81. The van der Waals surface area contributed by atoms with Crippen molar-refractivity contribution in [3.8, 4) is 5.69 Å². The van der Waals surface area contributed by atoms with Crippen LogP contribution in [0.5, 0.6) is 0 Å². The highest BCUT2D eigenvalue weighted by Crippen LogP contribution is 2.16. The first-order valence-corrected chi connectivity index (χ1v) is 4.93. The van der Waals surface area contributed by atoms with Crippen molar-refractivity contribution < 1.29 is 4.79 Å².